The van der Waals surface area contributed by atoms with E-state index in [1.807, 2.05) is 0 Å². The van der Waals surface area contributed by atoms with Gasteiger partial charge in [0, 0.05) is 31.2 Å². The van der Waals surface area contributed by atoms with E-state index < -0.39 is 0 Å². The van der Waals surface area contributed by atoms with E-state index in [1.54, 1.807) is 0 Å². The topological polar surface area (TPSA) is 39.7 Å². The second kappa shape index (κ2) is 4.61. The lowest BCUT2D eigenvalue weighted by molar-refractivity contribution is -0.193. The van der Waals surface area contributed by atoms with E-state index in [2.05, 4.69) is 5.32 Å². The van der Waals surface area contributed by atoms with Gasteiger partial charge in [0.2, 0.25) is 0 Å². The maximum atomic E-state index is 5.61. The zero-order valence-electron chi connectivity index (χ0n) is 9.74. The van der Waals surface area contributed by atoms with Crippen LogP contribution in [0.15, 0.2) is 0 Å². The van der Waals surface area contributed by atoms with Crippen molar-refractivity contribution >= 4 is 0 Å². The van der Waals surface area contributed by atoms with Crippen LogP contribution in [0.1, 0.15) is 12.8 Å². The molecule has 0 spiro atoms. The van der Waals surface area contributed by atoms with Gasteiger partial charge in [0.25, 0.3) is 0 Å². The number of morpholine rings is 1. The highest BCUT2D eigenvalue weighted by molar-refractivity contribution is 5.01. The van der Waals surface area contributed by atoms with Crippen LogP contribution in [0.2, 0.25) is 0 Å². The Morgan fingerprint density at radius 2 is 1.75 bits per heavy atom. The van der Waals surface area contributed by atoms with Crippen molar-refractivity contribution in [1.29, 1.82) is 0 Å². The molecule has 1 N–H and O–H groups in total. The zero-order valence-corrected chi connectivity index (χ0v) is 9.74. The van der Waals surface area contributed by atoms with E-state index in [0.717, 1.165) is 52.1 Å². The van der Waals surface area contributed by atoms with E-state index >= 15 is 0 Å². The second-order valence-electron chi connectivity index (χ2n) is 5.19. The van der Waals surface area contributed by atoms with Crippen LogP contribution in [-0.4, -0.2) is 52.2 Å². The van der Waals surface area contributed by atoms with Crippen molar-refractivity contribution in [2.75, 3.05) is 46.2 Å². The summed E-state index contributed by atoms with van der Waals surface area (Å²) in [6.45, 7) is 6.31. The van der Waals surface area contributed by atoms with Gasteiger partial charge in [0.05, 0.1) is 26.4 Å². The Bertz CT molecular complexity index is 210. The Labute approximate surface area is 96.6 Å². The van der Waals surface area contributed by atoms with Gasteiger partial charge in [-0.3, -0.25) is 0 Å². The largest absolute Gasteiger partial charge is 0.381 e. The summed E-state index contributed by atoms with van der Waals surface area (Å²) in [7, 11) is 0. The van der Waals surface area contributed by atoms with Gasteiger partial charge >= 0.3 is 0 Å². The standard InChI is InChI=1S/C12H21NO3/c1-4-14-5-2-10(1)12(8-16-9-12)11-7-15-6-3-13-11/h10-11,13H,1-9H2. The van der Waals surface area contributed by atoms with Crippen molar-refractivity contribution in [3.8, 4) is 0 Å². The highest BCUT2D eigenvalue weighted by Gasteiger charge is 2.51. The lowest BCUT2D eigenvalue weighted by Crippen LogP contribution is -2.64. The molecule has 0 aromatic carbocycles. The Morgan fingerprint density at radius 3 is 2.31 bits per heavy atom. The third kappa shape index (κ3) is 1.78. The van der Waals surface area contributed by atoms with Crippen LogP contribution in [0.4, 0.5) is 0 Å². The Hall–Kier alpha value is -0.160. The lowest BCUT2D eigenvalue weighted by atomic mass is 9.65. The molecule has 0 amide bonds. The number of rotatable bonds is 2. The summed E-state index contributed by atoms with van der Waals surface area (Å²) >= 11 is 0. The predicted molar refractivity (Wildman–Crippen MR) is 59.4 cm³/mol. The Morgan fingerprint density at radius 1 is 0.938 bits per heavy atom. The highest BCUT2D eigenvalue weighted by atomic mass is 16.5. The van der Waals surface area contributed by atoms with Gasteiger partial charge in [0.15, 0.2) is 0 Å². The van der Waals surface area contributed by atoms with Gasteiger partial charge in [-0.1, -0.05) is 0 Å². The first-order valence-corrected chi connectivity index (χ1v) is 6.38. The molecule has 1 atom stereocenters. The fourth-order valence-electron chi connectivity index (χ4n) is 3.27. The average molecular weight is 227 g/mol. The van der Waals surface area contributed by atoms with Gasteiger partial charge < -0.3 is 19.5 Å². The zero-order chi connectivity index (χ0) is 10.8. The molecule has 0 radical (unpaired) electrons. The van der Waals surface area contributed by atoms with Crippen molar-refractivity contribution < 1.29 is 14.2 Å². The van der Waals surface area contributed by atoms with E-state index in [-0.39, 0.29) is 0 Å². The molecule has 3 saturated heterocycles. The molecule has 1 unspecified atom stereocenters. The van der Waals surface area contributed by atoms with Crippen LogP contribution in [-0.2, 0) is 14.2 Å². The van der Waals surface area contributed by atoms with Crippen molar-refractivity contribution in [3.63, 3.8) is 0 Å². The summed E-state index contributed by atoms with van der Waals surface area (Å²) in [5.41, 5.74) is 0.324. The fourth-order valence-corrected chi connectivity index (χ4v) is 3.27. The maximum absolute atomic E-state index is 5.61. The molecule has 0 saturated carbocycles. The lowest BCUT2D eigenvalue weighted by Gasteiger charge is -2.54. The smallest absolute Gasteiger partial charge is 0.0627 e. The van der Waals surface area contributed by atoms with Crippen LogP contribution >= 0.6 is 0 Å². The molecule has 0 aliphatic carbocycles. The molecular formula is C12H21NO3. The van der Waals surface area contributed by atoms with Crippen LogP contribution in [0.3, 0.4) is 0 Å². The van der Waals surface area contributed by atoms with Crippen LogP contribution in [0.5, 0.6) is 0 Å². The number of nitrogens with one attached hydrogen (secondary N) is 1. The van der Waals surface area contributed by atoms with E-state index in [0.29, 0.717) is 11.5 Å². The molecule has 3 aliphatic heterocycles. The van der Waals surface area contributed by atoms with Crippen LogP contribution in [0.25, 0.3) is 0 Å². The van der Waals surface area contributed by atoms with Crippen molar-refractivity contribution in [1.82, 2.24) is 5.32 Å². The van der Waals surface area contributed by atoms with Crippen molar-refractivity contribution in [2.24, 2.45) is 11.3 Å². The van der Waals surface area contributed by atoms with E-state index in [9.17, 15) is 0 Å². The van der Waals surface area contributed by atoms with Gasteiger partial charge in [-0.25, -0.2) is 0 Å². The monoisotopic (exact) mass is 227 g/mol. The first-order valence-electron chi connectivity index (χ1n) is 6.38. The van der Waals surface area contributed by atoms with E-state index in [1.165, 1.54) is 12.8 Å². The minimum absolute atomic E-state index is 0.324. The quantitative estimate of drug-likeness (QED) is 0.742. The van der Waals surface area contributed by atoms with E-state index in [4.69, 9.17) is 14.2 Å². The molecule has 4 nitrogen and oxygen atoms in total. The summed E-state index contributed by atoms with van der Waals surface area (Å²) in [6, 6.07) is 0.484. The Kier molecular flexibility index (Phi) is 3.16. The summed E-state index contributed by atoms with van der Waals surface area (Å²) < 4.78 is 16.6. The number of ether oxygens (including phenoxy) is 3. The van der Waals surface area contributed by atoms with Crippen molar-refractivity contribution in [3.05, 3.63) is 0 Å². The van der Waals surface area contributed by atoms with Crippen LogP contribution < -0.4 is 5.32 Å². The van der Waals surface area contributed by atoms with Gasteiger partial charge in [-0.15, -0.1) is 0 Å². The van der Waals surface area contributed by atoms with Crippen LogP contribution in [0, 0.1) is 11.3 Å². The first-order chi connectivity index (χ1) is 7.92. The molecular weight excluding hydrogens is 206 g/mol. The molecule has 0 aromatic rings. The minimum atomic E-state index is 0.324. The molecule has 3 heterocycles. The summed E-state index contributed by atoms with van der Waals surface area (Å²) in [5, 5.41) is 3.61. The third-order valence-corrected chi connectivity index (χ3v) is 4.39. The molecule has 0 bridgehead atoms. The molecule has 4 heteroatoms. The molecule has 3 rings (SSSR count). The number of hydrogen-bond donors (Lipinski definition) is 1. The summed E-state index contributed by atoms with van der Waals surface area (Å²) in [4.78, 5) is 0. The summed E-state index contributed by atoms with van der Waals surface area (Å²) in [6.07, 6.45) is 2.36. The molecule has 92 valence electrons. The Balaban J connectivity index is 1.70. The SMILES string of the molecule is C1COCC(C2(C3CCOCC3)COC2)N1. The number of hydrogen-bond acceptors (Lipinski definition) is 4. The molecule has 3 fully saturated rings. The third-order valence-electron chi connectivity index (χ3n) is 4.39. The average Bonchev–Trinajstić information content (AvgIpc) is 2.31. The maximum Gasteiger partial charge on any atom is 0.0627 e. The fraction of sp³-hybridized carbons (Fsp3) is 1.00. The second-order valence-corrected chi connectivity index (χ2v) is 5.19. The minimum Gasteiger partial charge on any atom is -0.381 e. The van der Waals surface area contributed by atoms with Gasteiger partial charge in [-0.2, -0.15) is 0 Å². The van der Waals surface area contributed by atoms with Gasteiger partial charge in [-0.05, 0) is 18.8 Å². The summed E-state index contributed by atoms with van der Waals surface area (Å²) in [5.74, 6) is 0.745. The molecule has 16 heavy (non-hydrogen) atoms. The predicted octanol–water partition coefficient (Wildman–Crippen LogP) is 0.418. The normalized spacial score (nSPS) is 35.6. The highest BCUT2D eigenvalue weighted by Crippen LogP contribution is 2.44. The van der Waals surface area contributed by atoms with Gasteiger partial charge in [0.1, 0.15) is 0 Å². The molecule has 0 aromatic heterocycles. The van der Waals surface area contributed by atoms with Crippen molar-refractivity contribution in [2.45, 2.75) is 18.9 Å². The first kappa shape index (κ1) is 11.0. The molecule has 3 aliphatic rings.